The van der Waals surface area contributed by atoms with Crippen LogP contribution in [0.1, 0.15) is 24.8 Å². The number of nitrogens with two attached hydrogens (primary N) is 1. The number of aromatic amines is 1. The molecule has 1 aromatic carbocycles. The molecule has 1 aliphatic rings. The summed E-state index contributed by atoms with van der Waals surface area (Å²) in [7, 11) is 0. The SMILES string of the molecule is Nc1cc(Br)cc2[nH]c(C3CCCO3)nc12. The molecule has 3 rings (SSSR count). The summed E-state index contributed by atoms with van der Waals surface area (Å²) in [5, 5.41) is 0. The summed E-state index contributed by atoms with van der Waals surface area (Å²) in [6, 6.07) is 3.85. The molecule has 0 aliphatic carbocycles. The highest BCUT2D eigenvalue weighted by Gasteiger charge is 2.21. The molecule has 0 bridgehead atoms. The van der Waals surface area contributed by atoms with Gasteiger partial charge in [-0.1, -0.05) is 15.9 Å². The van der Waals surface area contributed by atoms with E-state index in [0.717, 1.165) is 40.8 Å². The molecule has 1 fully saturated rings. The summed E-state index contributed by atoms with van der Waals surface area (Å²) in [5.74, 6) is 0.886. The van der Waals surface area contributed by atoms with Crippen LogP contribution in [0, 0.1) is 0 Å². The number of halogens is 1. The molecule has 16 heavy (non-hydrogen) atoms. The molecule has 3 N–H and O–H groups in total. The van der Waals surface area contributed by atoms with Crippen LogP contribution >= 0.6 is 15.9 Å². The first kappa shape index (κ1) is 10.1. The third-order valence-electron chi connectivity index (χ3n) is 2.83. The molecule has 84 valence electrons. The molecule has 1 aliphatic heterocycles. The molecule has 1 aromatic heterocycles. The van der Waals surface area contributed by atoms with E-state index < -0.39 is 0 Å². The van der Waals surface area contributed by atoms with Crippen molar-refractivity contribution < 1.29 is 4.74 Å². The van der Waals surface area contributed by atoms with E-state index in [1.54, 1.807) is 0 Å². The number of fused-ring (bicyclic) bond motifs is 1. The Hall–Kier alpha value is -1.07. The third-order valence-corrected chi connectivity index (χ3v) is 3.29. The number of aromatic nitrogens is 2. The average molecular weight is 282 g/mol. The maximum Gasteiger partial charge on any atom is 0.136 e. The van der Waals surface area contributed by atoms with E-state index in [9.17, 15) is 0 Å². The number of hydrogen-bond acceptors (Lipinski definition) is 3. The van der Waals surface area contributed by atoms with Crippen molar-refractivity contribution >= 4 is 32.7 Å². The molecule has 0 radical (unpaired) electrons. The third kappa shape index (κ3) is 1.60. The fourth-order valence-electron chi connectivity index (χ4n) is 2.07. The van der Waals surface area contributed by atoms with Crippen molar-refractivity contribution in [2.45, 2.75) is 18.9 Å². The smallest absolute Gasteiger partial charge is 0.136 e. The zero-order chi connectivity index (χ0) is 11.1. The highest BCUT2D eigenvalue weighted by atomic mass is 79.9. The van der Waals surface area contributed by atoms with Gasteiger partial charge in [0.05, 0.1) is 11.2 Å². The van der Waals surface area contributed by atoms with Gasteiger partial charge in [-0.2, -0.15) is 0 Å². The number of hydrogen-bond donors (Lipinski definition) is 2. The van der Waals surface area contributed by atoms with Gasteiger partial charge >= 0.3 is 0 Å². The van der Waals surface area contributed by atoms with Crippen molar-refractivity contribution in [3.8, 4) is 0 Å². The molecule has 0 amide bonds. The summed E-state index contributed by atoms with van der Waals surface area (Å²) in [6.45, 7) is 0.820. The first-order chi connectivity index (χ1) is 7.74. The molecular formula is C11H12BrN3O. The molecule has 1 atom stereocenters. The second-order valence-corrected chi connectivity index (χ2v) is 4.93. The van der Waals surface area contributed by atoms with Crippen LogP contribution in [0.2, 0.25) is 0 Å². The van der Waals surface area contributed by atoms with E-state index in [0.29, 0.717) is 5.69 Å². The van der Waals surface area contributed by atoms with Gasteiger partial charge < -0.3 is 15.5 Å². The lowest BCUT2D eigenvalue weighted by Crippen LogP contribution is -1.97. The zero-order valence-electron chi connectivity index (χ0n) is 8.66. The lowest BCUT2D eigenvalue weighted by atomic mass is 10.2. The van der Waals surface area contributed by atoms with Crippen molar-refractivity contribution in [2.24, 2.45) is 0 Å². The number of rotatable bonds is 1. The standard InChI is InChI=1S/C11H12BrN3O/c12-6-4-7(13)10-8(5-6)14-11(15-10)9-2-1-3-16-9/h4-5,9H,1-3,13H2,(H,14,15). The molecule has 0 spiro atoms. The van der Waals surface area contributed by atoms with Crippen molar-refractivity contribution in [2.75, 3.05) is 12.3 Å². The van der Waals surface area contributed by atoms with Crippen molar-refractivity contribution in [1.82, 2.24) is 9.97 Å². The minimum absolute atomic E-state index is 0.102. The number of nitrogen functional groups attached to an aromatic ring is 1. The highest BCUT2D eigenvalue weighted by Crippen LogP contribution is 2.30. The normalized spacial score (nSPS) is 20.7. The van der Waals surface area contributed by atoms with E-state index in [1.165, 1.54) is 0 Å². The second-order valence-electron chi connectivity index (χ2n) is 4.01. The van der Waals surface area contributed by atoms with E-state index in [1.807, 2.05) is 12.1 Å². The molecule has 0 saturated carbocycles. The van der Waals surface area contributed by atoms with Crippen molar-refractivity contribution in [3.05, 3.63) is 22.4 Å². The minimum Gasteiger partial charge on any atom is -0.397 e. The quantitative estimate of drug-likeness (QED) is 0.790. The maximum absolute atomic E-state index is 5.92. The highest BCUT2D eigenvalue weighted by molar-refractivity contribution is 9.10. The van der Waals surface area contributed by atoms with Crippen LogP contribution in [-0.4, -0.2) is 16.6 Å². The number of ether oxygens (including phenoxy) is 1. The Kier molecular flexibility index (Phi) is 2.37. The van der Waals surface area contributed by atoms with Crippen LogP contribution in [0.15, 0.2) is 16.6 Å². The molecule has 1 unspecified atom stereocenters. The Morgan fingerprint density at radius 2 is 2.38 bits per heavy atom. The second kappa shape index (κ2) is 3.75. The largest absolute Gasteiger partial charge is 0.397 e. The van der Waals surface area contributed by atoms with Crippen LogP contribution in [-0.2, 0) is 4.74 Å². The number of imidazole rings is 1. The first-order valence-corrected chi connectivity index (χ1v) is 6.09. The molecule has 2 aromatic rings. The number of H-pyrrole nitrogens is 1. The Bertz CT molecular complexity index is 531. The van der Waals surface area contributed by atoms with Crippen molar-refractivity contribution in [1.29, 1.82) is 0 Å². The predicted molar refractivity (Wildman–Crippen MR) is 66.1 cm³/mol. The Morgan fingerprint density at radius 1 is 1.50 bits per heavy atom. The first-order valence-electron chi connectivity index (χ1n) is 5.30. The van der Waals surface area contributed by atoms with Gasteiger partial charge in [0.1, 0.15) is 17.4 Å². The van der Waals surface area contributed by atoms with Crippen LogP contribution in [0.3, 0.4) is 0 Å². The lowest BCUT2D eigenvalue weighted by molar-refractivity contribution is 0.106. The fraction of sp³-hybridized carbons (Fsp3) is 0.364. The van der Waals surface area contributed by atoms with Gasteiger partial charge in [0.25, 0.3) is 0 Å². The van der Waals surface area contributed by atoms with Crippen LogP contribution in [0.5, 0.6) is 0 Å². The molecule has 5 heteroatoms. The topological polar surface area (TPSA) is 63.9 Å². The van der Waals surface area contributed by atoms with Crippen LogP contribution < -0.4 is 5.73 Å². The minimum atomic E-state index is 0.102. The summed E-state index contributed by atoms with van der Waals surface area (Å²) >= 11 is 3.42. The molecule has 2 heterocycles. The number of nitrogens with one attached hydrogen (secondary N) is 1. The monoisotopic (exact) mass is 281 g/mol. The van der Waals surface area contributed by atoms with E-state index in [-0.39, 0.29) is 6.10 Å². The van der Waals surface area contributed by atoms with E-state index >= 15 is 0 Å². The van der Waals surface area contributed by atoms with Gasteiger partial charge in [-0.05, 0) is 25.0 Å². The summed E-state index contributed by atoms with van der Waals surface area (Å²) in [4.78, 5) is 7.78. The fourth-order valence-corrected chi connectivity index (χ4v) is 2.55. The average Bonchev–Trinajstić information content (AvgIpc) is 2.82. The number of nitrogens with zero attached hydrogens (tertiary/aromatic N) is 1. The van der Waals surface area contributed by atoms with Gasteiger partial charge in [-0.3, -0.25) is 0 Å². The number of benzene rings is 1. The van der Waals surface area contributed by atoms with Gasteiger partial charge in [0.15, 0.2) is 0 Å². The van der Waals surface area contributed by atoms with Crippen LogP contribution in [0.4, 0.5) is 5.69 Å². The van der Waals surface area contributed by atoms with Crippen LogP contribution in [0.25, 0.3) is 11.0 Å². The van der Waals surface area contributed by atoms with E-state index in [4.69, 9.17) is 10.5 Å². The maximum atomic E-state index is 5.92. The van der Waals surface area contributed by atoms with Crippen molar-refractivity contribution in [3.63, 3.8) is 0 Å². The Balaban J connectivity index is 2.11. The predicted octanol–water partition coefficient (Wildman–Crippen LogP) is 2.76. The van der Waals surface area contributed by atoms with Gasteiger partial charge in [0.2, 0.25) is 0 Å². The zero-order valence-corrected chi connectivity index (χ0v) is 10.3. The summed E-state index contributed by atoms with van der Waals surface area (Å²) in [6.07, 6.45) is 2.23. The lowest BCUT2D eigenvalue weighted by Gasteiger charge is -2.03. The van der Waals surface area contributed by atoms with E-state index in [2.05, 4.69) is 25.9 Å². The summed E-state index contributed by atoms with van der Waals surface area (Å²) in [5.41, 5.74) is 8.38. The van der Waals surface area contributed by atoms with Gasteiger partial charge in [-0.25, -0.2) is 4.98 Å². The van der Waals surface area contributed by atoms with Gasteiger partial charge in [-0.15, -0.1) is 0 Å². The number of anilines is 1. The summed E-state index contributed by atoms with van der Waals surface area (Å²) < 4.78 is 6.55. The Labute approximate surface area is 101 Å². The van der Waals surface area contributed by atoms with Gasteiger partial charge in [0, 0.05) is 11.1 Å². The Morgan fingerprint density at radius 3 is 3.12 bits per heavy atom. The molecule has 1 saturated heterocycles. The molecule has 4 nitrogen and oxygen atoms in total. The molecular weight excluding hydrogens is 270 g/mol.